The van der Waals surface area contributed by atoms with Crippen molar-refractivity contribution in [2.24, 2.45) is 0 Å². The maximum atomic E-state index is 10.6. The largest absolute Gasteiger partial charge is 0.478 e. The number of thiophene rings is 1. The van der Waals surface area contributed by atoms with Crippen molar-refractivity contribution >= 4 is 23.4 Å². The smallest absolute Gasteiger partial charge is 0.328 e. The second-order valence-corrected chi connectivity index (χ2v) is 5.45. The average Bonchev–Trinajstić information content (AvgIpc) is 2.90. The molecule has 4 heteroatoms. The molecule has 0 aliphatic heterocycles. The van der Waals surface area contributed by atoms with Gasteiger partial charge >= 0.3 is 5.97 Å². The fraction of sp³-hybridized carbons (Fsp3) is 0.188. The summed E-state index contributed by atoms with van der Waals surface area (Å²) in [5.74, 6) is -0.925. The molecule has 0 spiro atoms. The molecular formula is C16H17NO2S. The van der Waals surface area contributed by atoms with E-state index in [2.05, 4.69) is 28.8 Å². The van der Waals surface area contributed by atoms with Gasteiger partial charge < -0.3 is 5.11 Å². The van der Waals surface area contributed by atoms with Crippen LogP contribution in [-0.2, 0) is 17.9 Å². The highest BCUT2D eigenvalue weighted by atomic mass is 32.1. The van der Waals surface area contributed by atoms with E-state index in [4.69, 9.17) is 5.11 Å². The second-order valence-electron chi connectivity index (χ2n) is 4.67. The zero-order valence-electron chi connectivity index (χ0n) is 11.3. The molecule has 20 heavy (non-hydrogen) atoms. The van der Waals surface area contributed by atoms with Gasteiger partial charge in [0.2, 0.25) is 0 Å². The fourth-order valence-corrected chi connectivity index (χ4v) is 2.70. The van der Waals surface area contributed by atoms with Crippen LogP contribution in [0.4, 0.5) is 0 Å². The Hall–Kier alpha value is -1.91. The molecule has 0 atom stereocenters. The molecule has 0 amide bonds. The molecule has 2 rings (SSSR count). The number of carbonyl (C=O) groups is 1. The van der Waals surface area contributed by atoms with Crippen molar-refractivity contribution in [2.75, 3.05) is 7.05 Å². The summed E-state index contributed by atoms with van der Waals surface area (Å²) in [6, 6.07) is 9.99. The highest BCUT2D eigenvalue weighted by Gasteiger charge is 2.05. The minimum absolute atomic E-state index is 0.788. The van der Waals surface area contributed by atoms with E-state index in [1.807, 2.05) is 24.3 Å². The van der Waals surface area contributed by atoms with Gasteiger partial charge in [-0.15, -0.1) is 0 Å². The van der Waals surface area contributed by atoms with E-state index >= 15 is 0 Å². The molecule has 0 saturated carbocycles. The van der Waals surface area contributed by atoms with Gasteiger partial charge in [-0.2, -0.15) is 11.3 Å². The molecule has 0 radical (unpaired) electrons. The van der Waals surface area contributed by atoms with E-state index in [-0.39, 0.29) is 0 Å². The maximum absolute atomic E-state index is 10.6. The molecule has 3 nitrogen and oxygen atoms in total. The highest BCUT2D eigenvalue weighted by Crippen LogP contribution is 2.15. The molecule has 0 bridgehead atoms. The lowest BCUT2D eigenvalue weighted by Gasteiger charge is -2.17. The fourth-order valence-electron chi connectivity index (χ4n) is 2.04. The lowest BCUT2D eigenvalue weighted by Crippen LogP contribution is -2.17. The summed E-state index contributed by atoms with van der Waals surface area (Å²) in [6.45, 7) is 1.68. The van der Waals surface area contributed by atoms with Gasteiger partial charge in [0.15, 0.2) is 0 Å². The Bertz CT molecular complexity index is 590. The third-order valence-electron chi connectivity index (χ3n) is 2.93. The lowest BCUT2D eigenvalue weighted by atomic mass is 10.1. The number of hydrogen-bond acceptors (Lipinski definition) is 3. The van der Waals surface area contributed by atoms with Gasteiger partial charge in [-0.1, -0.05) is 24.3 Å². The van der Waals surface area contributed by atoms with Crippen LogP contribution >= 0.6 is 11.3 Å². The lowest BCUT2D eigenvalue weighted by molar-refractivity contribution is -0.131. The second kappa shape index (κ2) is 7.03. The predicted molar refractivity (Wildman–Crippen MR) is 82.6 cm³/mol. The van der Waals surface area contributed by atoms with Crippen LogP contribution in [-0.4, -0.2) is 23.0 Å². The summed E-state index contributed by atoms with van der Waals surface area (Å²) >= 11 is 1.70. The number of carboxylic acids is 1. The number of aliphatic carboxylic acids is 1. The van der Waals surface area contributed by atoms with Crippen molar-refractivity contribution in [3.05, 3.63) is 63.9 Å². The van der Waals surface area contributed by atoms with Gasteiger partial charge in [-0.25, -0.2) is 4.79 Å². The number of hydrogen-bond donors (Lipinski definition) is 1. The summed E-state index contributed by atoms with van der Waals surface area (Å²) in [5.41, 5.74) is 3.38. The molecule has 0 aliphatic carbocycles. The maximum Gasteiger partial charge on any atom is 0.328 e. The third kappa shape index (κ3) is 4.33. The molecule has 1 aromatic carbocycles. The van der Waals surface area contributed by atoms with E-state index in [1.165, 1.54) is 11.6 Å². The van der Waals surface area contributed by atoms with Gasteiger partial charge in [0.1, 0.15) is 0 Å². The normalized spacial score (nSPS) is 11.3. The van der Waals surface area contributed by atoms with Gasteiger partial charge in [0.25, 0.3) is 0 Å². The third-order valence-corrected chi connectivity index (χ3v) is 3.67. The van der Waals surface area contributed by atoms with Crippen molar-refractivity contribution in [3.8, 4) is 0 Å². The average molecular weight is 287 g/mol. The first-order chi connectivity index (χ1) is 9.65. The van der Waals surface area contributed by atoms with Crippen molar-refractivity contribution < 1.29 is 9.90 Å². The first-order valence-corrected chi connectivity index (χ1v) is 7.28. The Kier molecular flexibility index (Phi) is 5.09. The standard InChI is InChI=1S/C16H17NO2S/c1-17(10-13-8-9-20-12-13)11-15-5-3-2-4-14(15)6-7-16(18)19/h2-9,12H,10-11H2,1H3,(H,18,19). The van der Waals surface area contributed by atoms with Crippen LogP contribution in [0.1, 0.15) is 16.7 Å². The summed E-state index contributed by atoms with van der Waals surface area (Å²) < 4.78 is 0. The molecule has 2 aromatic rings. The van der Waals surface area contributed by atoms with Crippen LogP contribution in [0.5, 0.6) is 0 Å². The zero-order chi connectivity index (χ0) is 14.4. The molecule has 0 fully saturated rings. The minimum Gasteiger partial charge on any atom is -0.478 e. The van der Waals surface area contributed by atoms with Crippen LogP contribution in [0.25, 0.3) is 6.08 Å². The van der Waals surface area contributed by atoms with E-state index < -0.39 is 5.97 Å². The van der Waals surface area contributed by atoms with Crippen LogP contribution in [0.2, 0.25) is 0 Å². The first kappa shape index (κ1) is 14.5. The number of carboxylic acid groups (broad SMARTS) is 1. The number of rotatable bonds is 6. The number of nitrogens with zero attached hydrogens (tertiary/aromatic N) is 1. The molecule has 0 unspecified atom stereocenters. The van der Waals surface area contributed by atoms with Crippen LogP contribution in [0.15, 0.2) is 47.2 Å². The molecular weight excluding hydrogens is 270 g/mol. The summed E-state index contributed by atoms with van der Waals surface area (Å²) in [4.78, 5) is 12.8. The molecule has 1 N–H and O–H groups in total. The minimum atomic E-state index is -0.925. The Balaban J connectivity index is 2.06. The van der Waals surface area contributed by atoms with Gasteiger partial charge in [-0.3, -0.25) is 4.90 Å². The Morgan fingerprint density at radius 1 is 1.30 bits per heavy atom. The summed E-state index contributed by atoms with van der Waals surface area (Å²) in [7, 11) is 2.06. The van der Waals surface area contributed by atoms with Crippen LogP contribution in [0, 0.1) is 0 Å². The van der Waals surface area contributed by atoms with Crippen molar-refractivity contribution in [2.45, 2.75) is 13.1 Å². The first-order valence-electron chi connectivity index (χ1n) is 6.33. The molecule has 1 heterocycles. The van der Waals surface area contributed by atoms with E-state index in [9.17, 15) is 4.79 Å². The quantitative estimate of drug-likeness (QED) is 0.827. The van der Waals surface area contributed by atoms with Crippen molar-refractivity contribution in [3.63, 3.8) is 0 Å². The Morgan fingerprint density at radius 2 is 2.10 bits per heavy atom. The number of benzene rings is 1. The topological polar surface area (TPSA) is 40.5 Å². The molecule has 0 saturated heterocycles. The van der Waals surface area contributed by atoms with Gasteiger partial charge in [-0.05, 0) is 46.6 Å². The van der Waals surface area contributed by atoms with E-state index in [1.54, 1.807) is 17.4 Å². The van der Waals surface area contributed by atoms with Crippen LogP contribution in [0.3, 0.4) is 0 Å². The summed E-state index contributed by atoms with van der Waals surface area (Å²) in [5, 5.41) is 12.9. The van der Waals surface area contributed by atoms with Crippen LogP contribution < -0.4 is 0 Å². The zero-order valence-corrected chi connectivity index (χ0v) is 12.1. The van der Waals surface area contributed by atoms with E-state index in [0.29, 0.717) is 0 Å². The molecule has 104 valence electrons. The van der Waals surface area contributed by atoms with E-state index in [0.717, 1.165) is 24.2 Å². The van der Waals surface area contributed by atoms with Crippen molar-refractivity contribution in [1.29, 1.82) is 0 Å². The monoisotopic (exact) mass is 287 g/mol. The van der Waals surface area contributed by atoms with Crippen molar-refractivity contribution in [1.82, 2.24) is 4.90 Å². The molecule has 0 aliphatic rings. The SMILES string of the molecule is CN(Cc1ccsc1)Cc1ccccc1C=CC(=O)O. The molecule has 1 aromatic heterocycles. The van der Waals surface area contributed by atoms with Gasteiger partial charge in [0.05, 0.1) is 0 Å². The Morgan fingerprint density at radius 3 is 2.80 bits per heavy atom. The van der Waals surface area contributed by atoms with Gasteiger partial charge in [0, 0.05) is 19.2 Å². The highest BCUT2D eigenvalue weighted by molar-refractivity contribution is 7.07. The summed E-state index contributed by atoms with van der Waals surface area (Å²) in [6.07, 6.45) is 2.83. The predicted octanol–water partition coefficient (Wildman–Crippen LogP) is 3.48. The Labute approximate surface area is 122 Å².